The number of aromatic nitrogens is 2. The highest BCUT2D eigenvalue weighted by atomic mass is 79.9. The highest BCUT2D eigenvalue weighted by molar-refractivity contribution is 9.10. The second kappa shape index (κ2) is 3.35. The van der Waals surface area contributed by atoms with Crippen molar-refractivity contribution in [3.05, 3.63) is 16.1 Å². The van der Waals surface area contributed by atoms with Crippen LogP contribution in [0, 0.1) is 0 Å². The van der Waals surface area contributed by atoms with Gasteiger partial charge in [-0.15, -0.1) is 0 Å². The van der Waals surface area contributed by atoms with E-state index in [1.807, 2.05) is 0 Å². The van der Waals surface area contributed by atoms with Gasteiger partial charge in [0.2, 0.25) is 0 Å². The van der Waals surface area contributed by atoms with Gasteiger partial charge in [0.05, 0.1) is 5.69 Å². The van der Waals surface area contributed by atoms with E-state index in [9.17, 15) is 5.11 Å². The number of hydrogen-bond acceptors (Lipinski definition) is 2. The summed E-state index contributed by atoms with van der Waals surface area (Å²) < 4.78 is 3.04. The number of hydrogen-bond donors (Lipinski definition) is 1. The molecule has 4 heteroatoms. The summed E-state index contributed by atoms with van der Waals surface area (Å²) in [7, 11) is 0. The van der Waals surface area contributed by atoms with E-state index in [4.69, 9.17) is 0 Å². The van der Waals surface area contributed by atoms with Gasteiger partial charge in [0.1, 0.15) is 16.0 Å². The van der Waals surface area contributed by atoms with Crippen LogP contribution in [-0.4, -0.2) is 14.7 Å². The molecule has 2 heterocycles. The second-order valence-electron chi connectivity index (χ2n) is 4.34. The average Bonchev–Trinajstić information content (AvgIpc) is 2.44. The maximum atomic E-state index is 9.95. The first-order valence-electron chi connectivity index (χ1n) is 4.98. The third-order valence-corrected chi connectivity index (χ3v) is 3.25. The molecule has 0 aromatic carbocycles. The molecule has 0 saturated heterocycles. The average molecular weight is 259 g/mol. The Labute approximate surface area is 92.3 Å². The number of fused-ring (bicyclic) bond motifs is 1. The molecule has 0 fully saturated rings. The number of rotatable bonds is 1. The molecule has 0 atom stereocenters. The van der Waals surface area contributed by atoms with Crippen LogP contribution in [-0.2, 0) is 18.6 Å². The molecule has 0 saturated carbocycles. The lowest BCUT2D eigenvalue weighted by atomic mass is 10.1. The molecular formula is C10H15BrN2O. The summed E-state index contributed by atoms with van der Waals surface area (Å²) in [4.78, 5) is 4.39. The van der Waals surface area contributed by atoms with Crippen LogP contribution < -0.4 is 0 Å². The molecule has 3 nitrogen and oxygen atoms in total. The van der Waals surface area contributed by atoms with Crippen LogP contribution in [0.4, 0.5) is 0 Å². The molecule has 0 bridgehead atoms. The molecule has 0 spiro atoms. The minimum Gasteiger partial charge on any atom is -0.383 e. The summed E-state index contributed by atoms with van der Waals surface area (Å²) in [6, 6.07) is 0. The first kappa shape index (κ1) is 10.2. The van der Waals surface area contributed by atoms with E-state index in [2.05, 4.69) is 25.5 Å². The normalized spacial score (nSPS) is 16.9. The zero-order valence-electron chi connectivity index (χ0n) is 8.55. The maximum absolute atomic E-state index is 9.95. The molecular weight excluding hydrogens is 244 g/mol. The van der Waals surface area contributed by atoms with Gasteiger partial charge in [0, 0.05) is 6.54 Å². The predicted octanol–water partition coefficient (Wildman–Crippen LogP) is 2.21. The van der Waals surface area contributed by atoms with Crippen LogP contribution in [0.15, 0.2) is 4.60 Å². The lowest BCUT2D eigenvalue weighted by molar-refractivity contribution is 0.0638. The van der Waals surface area contributed by atoms with Crippen molar-refractivity contribution in [2.75, 3.05) is 0 Å². The molecule has 0 aliphatic carbocycles. The van der Waals surface area contributed by atoms with E-state index in [1.165, 1.54) is 18.5 Å². The van der Waals surface area contributed by atoms with Crippen molar-refractivity contribution in [2.45, 2.75) is 45.3 Å². The fourth-order valence-electron chi connectivity index (χ4n) is 1.97. The molecule has 0 amide bonds. The van der Waals surface area contributed by atoms with Crippen molar-refractivity contribution in [2.24, 2.45) is 0 Å². The molecule has 0 unspecified atom stereocenters. The largest absolute Gasteiger partial charge is 0.383 e. The Morgan fingerprint density at radius 1 is 1.43 bits per heavy atom. The maximum Gasteiger partial charge on any atom is 0.141 e. The Morgan fingerprint density at radius 2 is 2.14 bits per heavy atom. The Balaban J connectivity index is 2.52. The van der Waals surface area contributed by atoms with Crippen molar-refractivity contribution in [3.8, 4) is 0 Å². The van der Waals surface area contributed by atoms with Gasteiger partial charge in [-0.05, 0) is 49.0 Å². The third-order valence-electron chi connectivity index (χ3n) is 2.62. The van der Waals surface area contributed by atoms with Crippen LogP contribution in [0.25, 0.3) is 0 Å². The fraction of sp³-hybridized carbons (Fsp3) is 0.700. The van der Waals surface area contributed by atoms with Gasteiger partial charge >= 0.3 is 0 Å². The Hall–Kier alpha value is -0.350. The van der Waals surface area contributed by atoms with Crippen molar-refractivity contribution in [1.29, 1.82) is 0 Å². The Kier molecular flexibility index (Phi) is 2.43. The number of halogens is 1. The molecule has 0 radical (unpaired) electrons. The highest BCUT2D eigenvalue weighted by Crippen LogP contribution is 2.29. The summed E-state index contributed by atoms with van der Waals surface area (Å²) in [5.41, 5.74) is 0.381. The van der Waals surface area contributed by atoms with Gasteiger partial charge in [0.25, 0.3) is 0 Å². The standard InChI is InChI=1S/C10H15BrN2O/c1-10(2,14)9-12-8(11)7-5-3-4-6-13(7)9/h14H,3-6H2,1-2H3. The second-order valence-corrected chi connectivity index (χ2v) is 5.09. The molecule has 1 aliphatic heterocycles. The lowest BCUT2D eigenvalue weighted by Crippen LogP contribution is -2.24. The predicted molar refractivity (Wildman–Crippen MR) is 58.1 cm³/mol. The van der Waals surface area contributed by atoms with Gasteiger partial charge in [-0.1, -0.05) is 0 Å². The van der Waals surface area contributed by atoms with Crippen LogP contribution in [0.1, 0.15) is 38.2 Å². The SMILES string of the molecule is CC(C)(O)c1nc(Br)c2n1CCCC2. The molecule has 78 valence electrons. The number of imidazole rings is 1. The molecule has 2 rings (SSSR count). The van der Waals surface area contributed by atoms with E-state index in [-0.39, 0.29) is 0 Å². The number of aliphatic hydroxyl groups is 1. The zero-order valence-corrected chi connectivity index (χ0v) is 10.1. The van der Waals surface area contributed by atoms with Crippen molar-refractivity contribution >= 4 is 15.9 Å². The summed E-state index contributed by atoms with van der Waals surface area (Å²) in [5.74, 6) is 0.777. The van der Waals surface area contributed by atoms with Crippen molar-refractivity contribution < 1.29 is 5.11 Å². The third kappa shape index (κ3) is 1.61. The van der Waals surface area contributed by atoms with Crippen molar-refractivity contribution in [1.82, 2.24) is 9.55 Å². The summed E-state index contributed by atoms with van der Waals surface area (Å²) in [6.45, 7) is 4.54. The lowest BCUT2D eigenvalue weighted by Gasteiger charge is -2.22. The van der Waals surface area contributed by atoms with Crippen LogP contribution >= 0.6 is 15.9 Å². The molecule has 1 aromatic rings. The topological polar surface area (TPSA) is 38.1 Å². The molecule has 1 N–H and O–H groups in total. The minimum absolute atomic E-state index is 0.777. The first-order chi connectivity index (χ1) is 6.50. The van der Waals surface area contributed by atoms with E-state index in [0.717, 1.165) is 23.4 Å². The smallest absolute Gasteiger partial charge is 0.141 e. The number of nitrogens with zero attached hydrogens (tertiary/aromatic N) is 2. The quantitative estimate of drug-likeness (QED) is 0.839. The Bertz CT molecular complexity index is 352. The van der Waals surface area contributed by atoms with Gasteiger partial charge in [-0.25, -0.2) is 4.98 Å². The highest BCUT2D eigenvalue weighted by Gasteiger charge is 2.27. The van der Waals surface area contributed by atoms with E-state index in [1.54, 1.807) is 13.8 Å². The van der Waals surface area contributed by atoms with Gasteiger partial charge in [-0.2, -0.15) is 0 Å². The summed E-state index contributed by atoms with van der Waals surface area (Å²) >= 11 is 3.45. The van der Waals surface area contributed by atoms with Crippen molar-refractivity contribution in [3.63, 3.8) is 0 Å². The van der Waals surface area contributed by atoms with E-state index < -0.39 is 5.60 Å². The Morgan fingerprint density at radius 3 is 2.79 bits per heavy atom. The minimum atomic E-state index is -0.849. The summed E-state index contributed by atoms with van der Waals surface area (Å²) in [6.07, 6.45) is 3.46. The molecule has 14 heavy (non-hydrogen) atoms. The van der Waals surface area contributed by atoms with E-state index in [0.29, 0.717) is 0 Å². The fourth-order valence-corrected chi connectivity index (χ4v) is 2.55. The molecule has 1 aromatic heterocycles. The van der Waals surface area contributed by atoms with Gasteiger partial charge in [0.15, 0.2) is 0 Å². The van der Waals surface area contributed by atoms with Gasteiger partial charge < -0.3 is 9.67 Å². The molecule has 1 aliphatic rings. The first-order valence-corrected chi connectivity index (χ1v) is 5.77. The van der Waals surface area contributed by atoms with Crippen LogP contribution in [0.5, 0.6) is 0 Å². The monoisotopic (exact) mass is 258 g/mol. The van der Waals surface area contributed by atoms with Crippen LogP contribution in [0.2, 0.25) is 0 Å². The summed E-state index contributed by atoms with van der Waals surface area (Å²) in [5, 5.41) is 9.95. The van der Waals surface area contributed by atoms with Gasteiger partial charge in [-0.3, -0.25) is 0 Å². The van der Waals surface area contributed by atoms with Crippen LogP contribution in [0.3, 0.4) is 0 Å². The zero-order chi connectivity index (χ0) is 10.3. The van der Waals surface area contributed by atoms with E-state index >= 15 is 0 Å².